The van der Waals surface area contributed by atoms with Crippen molar-refractivity contribution < 1.29 is 9.18 Å². The van der Waals surface area contributed by atoms with E-state index in [0.717, 1.165) is 50.3 Å². The number of hydrogen-bond donors (Lipinski definition) is 0. The van der Waals surface area contributed by atoms with Gasteiger partial charge in [0.15, 0.2) is 5.82 Å². The quantitative estimate of drug-likeness (QED) is 0.839. The van der Waals surface area contributed by atoms with Crippen LogP contribution in [0.15, 0.2) is 29.9 Å². The zero-order chi connectivity index (χ0) is 16.6. The second-order valence-electron chi connectivity index (χ2n) is 6.64. The first kappa shape index (κ1) is 15.5. The Hall–Kier alpha value is -2.02. The van der Waals surface area contributed by atoms with Crippen molar-refractivity contribution >= 4 is 23.2 Å². The Bertz CT molecular complexity index is 711. The van der Waals surface area contributed by atoms with Crippen molar-refractivity contribution in [1.29, 1.82) is 0 Å². The Kier molecular flexibility index (Phi) is 3.96. The molecule has 4 heterocycles. The minimum Gasteiger partial charge on any atom is -0.341 e. The number of thiophene rings is 1. The highest BCUT2D eigenvalue weighted by molar-refractivity contribution is 7.12. The van der Waals surface area contributed by atoms with E-state index in [1.807, 2.05) is 22.4 Å². The van der Waals surface area contributed by atoms with Crippen molar-refractivity contribution in [3.63, 3.8) is 0 Å². The number of hydrogen-bond acceptors (Lipinski definition) is 5. The van der Waals surface area contributed by atoms with E-state index >= 15 is 0 Å². The molecule has 4 rings (SSSR count). The molecule has 0 aromatic carbocycles. The number of likely N-dealkylation sites (tertiary alicyclic amines) is 1. The van der Waals surface area contributed by atoms with Crippen LogP contribution in [0.5, 0.6) is 0 Å². The smallest absolute Gasteiger partial charge is 0.263 e. The second-order valence-corrected chi connectivity index (χ2v) is 7.59. The first-order valence-electron chi connectivity index (χ1n) is 8.21. The van der Waals surface area contributed by atoms with E-state index in [4.69, 9.17) is 0 Å². The average Bonchev–Trinajstić information content (AvgIpc) is 3.27. The second kappa shape index (κ2) is 6.12. The Morgan fingerprint density at radius 2 is 1.88 bits per heavy atom. The number of aromatic nitrogens is 2. The van der Waals surface area contributed by atoms with Crippen molar-refractivity contribution in [3.8, 4) is 0 Å². The molecule has 2 aliphatic heterocycles. The number of piperidine rings is 1. The molecular formula is C17H19FN4OS. The molecule has 2 aromatic rings. The van der Waals surface area contributed by atoms with E-state index in [1.165, 1.54) is 23.7 Å². The highest BCUT2D eigenvalue weighted by Gasteiger charge is 2.42. The van der Waals surface area contributed by atoms with Crippen LogP contribution < -0.4 is 4.90 Å². The van der Waals surface area contributed by atoms with Crippen molar-refractivity contribution in [2.75, 3.05) is 31.1 Å². The topological polar surface area (TPSA) is 49.3 Å². The molecule has 1 amide bonds. The van der Waals surface area contributed by atoms with Gasteiger partial charge in [0.1, 0.15) is 0 Å². The fourth-order valence-electron chi connectivity index (χ4n) is 3.72. The Balaban J connectivity index is 1.39. The molecule has 0 unspecified atom stereocenters. The van der Waals surface area contributed by atoms with Crippen LogP contribution in [0, 0.1) is 11.2 Å². The van der Waals surface area contributed by atoms with Crippen LogP contribution in [0.3, 0.4) is 0 Å². The molecule has 2 saturated heterocycles. The Morgan fingerprint density at radius 3 is 2.54 bits per heavy atom. The van der Waals surface area contributed by atoms with E-state index in [2.05, 4.69) is 14.9 Å². The van der Waals surface area contributed by atoms with E-state index in [1.54, 1.807) is 0 Å². The van der Waals surface area contributed by atoms with Gasteiger partial charge < -0.3 is 9.80 Å². The monoisotopic (exact) mass is 346 g/mol. The van der Waals surface area contributed by atoms with Crippen LogP contribution in [-0.4, -0.2) is 47.0 Å². The summed E-state index contributed by atoms with van der Waals surface area (Å²) in [6.45, 7) is 3.38. The summed E-state index contributed by atoms with van der Waals surface area (Å²) in [6.07, 6.45) is 5.51. The summed E-state index contributed by atoms with van der Waals surface area (Å²) < 4.78 is 12.9. The largest absolute Gasteiger partial charge is 0.341 e. The van der Waals surface area contributed by atoms with Gasteiger partial charge in [0, 0.05) is 26.2 Å². The lowest BCUT2D eigenvalue weighted by Crippen LogP contribution is -2.42. The minimum atomic E-state index is -0.411. The third kappa shape index (κ3) is 2.88. The van der Waals surface area contributed by atoms with Crippen LogP contribution in [-0.2, 0) is 0 Å². The first-order chi connectivity index (χ1) is 11.7. The van der Waals surface area contributed by atoms with Crippen LogP contribution in [0.4, 0.5) is 10.3 Å². The Morgan fingerprint density at radius 1 is 1.17 bits per heavy atom. The molecule has 0 N–H and O–H groups in total. The number of amides is 1. The van der Waals surface area contributed by atoms with Crippen molar-refractivity contribution in [2.24, 2.45) is 5.41 Å². The van der Waals surface area contributed by atoms with Crippen LogP contribution >= 0.6 is 11.3 Å². The predicted octanol–water partition coefficient (Wildman–Crippen LogP) is 2.81. The van der Waals surface area contributed by atoms with Gasteiger partial charge in [0.25, 0.3) is 5.91 Å². The molecule has 0 saturated carbocycles. The third-order valence-electron chi connectivity index (χ3n) is 5.17. The maximum absolute atomic E-state index is 12.9. The fraction of sp³-hybridized carbons (Fsp3) is 0.471. The van der Waals surface area contributed by atoms with Gasteiger partial charge >= 0.3 is 0 Å². The van der Waals surface area contributed by atoms with Gasteiger partial charge in [-0.3, -0.25) is 4.79 Å². The maximum atomic E-state index is 12.9. The number of carbonyl (C=O) groups excluding carboxylic acids is 1. The molecule has 0 aliphatic carbocycles. The average molecular weight is 346 g/mol. The molecule has 126 valence electrons. The molecule has 24 heavy (non-hydrogen) atoms. The number of carbonyl (C=O) groups is 1. The summed E-state index contributed by atoms with van der Waals surface area (Å²) in [4.78, 5) is 25.6. The van der Waals surface area contributed by atoms with Gasteiger partial charge in [0.2, 0.25) is 5.95 Å². The Labute approximate surface area is 144 Å². The lowest BCUT2D eigenvalue weighted by Gasteiger charge is -2.39. The summed E-state index contributed by atoms with van der Waals surface area (Å²) in [5.74, 6) is 0.340. The highest BCUT2D eigenvalue weighted by atomic mass is 32.1. The molecule has 2 aliphatic rings. The fourth-order valence-corrected chi connectivity index (χ4v) is 4.41. The number of rotatable bonds is 2. The van der Waals surface area contributed by atoms with Crippen LogP contribution in [0.2, 0.25) is 0 Å². The molecule has 0 radical (unpaired) electrons. The molecular weight excluding hydrogens is 327 g/mol. The molecule has 2 aromatic heterocycles. The standard InChI is InChI=1S/C17H19FN4OS/c18-13-10-19-16(20-11-13)21-6-3-17(4-7-21)5-8-22(12-17)15(23)14-2-1-9-24-14/h1-2,9-11H,3-8,12H2. The van der Waals surface area contributed by atoms with Gasteiger partial charge in [-0.25, -0.2) is 14.4 Å². The van der Waals surface area contributed by atoms with Crippen molar-refractivity contribution in [1.82, 2.24) is 14.9 Å². The summed E-state index contributed by atoms with van der Waals surface area (Å²) in [7, 11) is 0. The van der Waals surface area contributed by atoms with E-state index in [-0.39, 0.29) is 11.3 Å². The third-order valence-corrected chi connectivity index (χ3v) is 6.03. The van der Waals surface area contributed by atoms with Crippen molar-refractivity contribution in [3.05, 3.63) is 40.6 Å². The number of anilines is 1. The first-order valence-corrected chi connectivity index (χ1v) is 9.09. The zero-order valence-electron chi connectivity index (χ0n) is 13.3. The van der Waals surface area contributed by atoms with Gasteiger partial charge in [-0.05, 0) is 36.1 Å². The molecule has 7 heteroatoms. The van der Waals surface area contributed by atoms with Crippen molar-refractivity contribution in [2.45, 2.75) is 19.3 Å². The molecule has 5 nitrogen and oxygen atoms in total. The normalized spacial score (nSPS) is 19.9. The molecule has 2 fully saturated rings. The van der Waals surface area contributed by atoms with E-state index in [0.29, 0.717) is 5.95 Å². The van der Waals surface area contributed by atoms with Gasteiger partial charge in [-0.15, -0.1) is 11.3 Å². The SMILES string of the molecule is O=C(c1cccs1)N1CCC2(CCN(c3ncc(F)cn3)CC2)C1. The summed E-state index contributed by atoms with van der Waals surface area (Å²) in [5.41, 5.74) is 0.212. The van der Waals surface area contributed by atoms with Crippen LogP contribution in [0.1, 0.15) is 28.9 Å². The summed E-state index contributed by atoms with van der Waals surface area (Å²) in [6, 6.07) is 3.82. The van der Waals surface area contributed by atoms with Crippen LogP contribution in [0.25, 0.3) is 0 Å². The van der Waals surface area contributed by atoms with E-state index < -0.39 is 5.82 Å². The number of halogens is 1. The summed E-state index contributed by atoms with van der Waals surface area (Å²) >= 11 is 1.51. The number of nitrogens with zero attached hydrogens (tertiary/aromatic N) is 4. The molecule has 0 atom stereocenters. The molecule has 1 spiro atoms. The lowest BCUT2D eigenvalue weighted by atomic mass is 9.78. The van der Waals surface area contributed by atoms with E-state index in [9.17, 15) is 9.18 Å². The minimum absolute atomic E-state index is 0.158. The lowest BCUT2D eigenvalue weighted by molar-refractivity contribution is 0.0769. The maximum Gasteiger partial charge on any atom is 0.263 e. The zero-order valence-corrected chi connectivity index (χ0v) is 14.1. The van der Waals surface area contributed by atoms with Gasteiger partial charge in [-0.1, -0.05) is 6.07 Å². The van der Waals surface area contributed by atoms with Gasteiger partial charge in [0.05, 0.1) is 17.3 Å². The highest BCUT2D eigenvalue weighted by Crippen LogP contribution is 2.41. The van der Waals surface area contributed by atoms with Gasteiger partial charge in [-0.2, -0.15) is 0 Å². The molecule has 0 bridgehead atoms. The predicted molar refractivity (Wildman–Crippen MR) is 90.7 cm³/mol. The summed E-state index contributed by atoms with van der Waals surface area (Å²) in [5, 5.41) is 1.94.